The van der Waals surface area contributed by atoms with Gasteiger partial charge in [0.2, 0.25) is 0 Å². The van der Waals surface area contributed by atoms with Crippen molar-refractivity contribution in [3.05, 3.63) is 59.7 Å². The quantitative estimate of drug-likeness (QED) is 0.534. The average molecular weight is 490 g/mol. The second-order valence-electron chi connectivity index (χ2n) is 12.2. The normalized spacial score (nSPS) is 39.8. The molecule has 1 aromatic carbocycles. The summed E-state index contributed by atoms with van der Waals surface area (Å²) >= 11 is 0. The lowest BCUT2D eigenvalue weighted by molar-refractivity contribution is -0.165. The third-order valence-electron chi connectivity index (χ3n) is 10.5. The van der Waals surface area contributed by atoms with E-state index in [1.807, 2.05) is 43.3 Å². The lowest BCUT2D eigenvalue weighted by Crippen LogP contribution is -2.60. The minimum absolute atomic E-state index is 0.0493. The number of Topliss-reactive ketones (excluding diaryl/α,β-unsaturated/α-hetero) is 1. The van der Waals surface area contributed by atoms with Crippen LogP contribution in [-0.2, 0) is 14.3 Å². The van der Waals surface area contributed by atoms with Gasteiger partial charge in [0.15, 0.2) is 17.2 Å². The summed E-state index contributed by atoms with van der Waals surface area (Å²) in [6.07, 6.45) is 9.79. The first-order valence-corrected chi connectivity index (χ1v) is 13.5. The van der Waals surface area contributed by atoms with Crippen LogP contribution >= 0.6 is 0 Å². The molecule has 5 rings (SSSR count). The number of allylic oxidation sites excluding steroid dienone is 4. The first kappa shape index (κ1) is 25.0. The van der Waals surface area contributed by atoms with Gasteiger partial charge in [-0.15, -0.1) is 0 Å². The highest BCUT2D eigenvalue weighted by Gasteiger charge is 2.70. The Morgan fingerprint density at radius 2 is 1.83 bits per heavy atom. The molecule has 0 bridgehead atoms. The zero-order chi connectivity index (χ0) is 25.9. The van der Waals surface area contributed by atoms with Crippen molar-refractivity contribution in [1.82, 2.24) is 5.32 Å². The van der Waals surface area contributed by atoms with Gasteiger partial charge in [-0.2, -0.15) is 0 Å². The van der Waals surface area contributed by atoms with Gasteiger partial charge in [0.05, 0.1) is 6.04 Å². The molecule has 3 saturated carbocycles. The number of alkyl carbamates (subject to hydrolysis) is 1. The number of carbonyl (C=O) groups excluding carboxylic acids is 3. The van der Waals surface area contributed by atoms with Crippen LogP contribution in [0, 0.1) is 34.5 Å². The van der Waals surface area contributed by atoms with Gasteiger partial charge in [-0.3, -0.25) is 9.59 Å². The molecule has 0 radical (unpaired) electrons. The Labute approximate surface area is 214 Å². The zero-order valence-electron chi connectivity index (χ0n) is 22.2. The van der Waals surface area contributed by atoms with E-state index < -0.39 is 17.1 Å². The van der Waals surface area contributed by atoms with Crippen LogP contribution in [-0.4, -0.2) is 23.3 Å². The highest BCUT2D eigenvalue weighted by Crippen LogP contribution is 2.69. The van der Waals surface area contributed by atoms with Gasteiger partial charge in [0.1, 0.15) is 0 Å². The fourth-order valence-corrected chi connectivity index (χ4v) is 8.74. The summed E-state index contributed by atoms with van der Waals surface area (Å²) in [5.74, 6) is 1.14. The van der Waals surface area contributed by atoms with Crippen LogP contribution in [0.3, 0.4) is 0 Å². The number of hydrogen-bond acceptors (Lipinski definition) is 4. The van der Waals surface area contributed by atoms with Gasteiger partial charge >= 0.3 is 6.09 Å². The summed E-state index contributed by atoms with van der Waals surface area (Å²) in [5, 5.41) is 2.98. The van der Waals surface area contributed by atoms with E-state index >= 15 is 0 Å². The Hall–Kier alpha value is -2.69. The minimum Gasteiger partial charge on any atom is -0.434 e. The van der Waals surface area contributed by atoms with E-state index in [2.05, 4.69) is 32.2 Å². The molecule has 5 heteroatoms. The fourth-order valence-electron chi connectivity index (χ4n) is 8.74. The molecule has 36 heavy (non-hydrogen) atoms. The van der Waals surface area contributed by atoms with E-state index in [1.165, 1.54) is 5.57 Å². The van der Waals surface area contributed by atoms with Crippen molar-refractivity contribution in [1.29, 1.82) is 0 Å². The number of carbonyl (C=O) groups is 3. The number of fused-ring (bicyclic) bond motifs is 5. The van der Waals surface area contributed by atoms with Crippen LogP contribution in [0.2, 0.25) is 0 Å². The Morgan fingerprint density at radius 3 is 2.53 bits per heavy atom. The number of nitrogens with one attached hydrogen (secondary N) is 1. The van der Waals surface area contributed by atoms with Crippen LogP contribution in [0.1, 0.15) is 78.3 Å². The van der Waals surface area contributed by atoms with Crippen molar-refractivity contribution < 1.29 is 19.1 Å². The maximum atomic E-state index is 13.5. The van der Waals surface area contributed by atoms with Gasteiger partial charge in [0, 0.05) is 16.7 Å². The van der Waals surface area contributed by atoms with E-state index in [-0.39, 0.29) is 28.9 Å². The fraction of sp³-hybridized carbons (Fsp3) is 0.581. The molecule has 192 valence electrons. The SMILES string of the molecule is CC(=O)[C@@]1(OC(=O)N[C@@H](C)c2ccccc2)C(C)C[C@H]2[C@@H]3CCC4=CC(=O)C=C[C@]4(C)[C@H]3CC[C@@]21C. The maximum absolute atomic E-state index is 13.5. The molecule has 0 aliphatic heterocycles. The number of ether oxygens (including phenoxy) is 1. The molecule has 0 saturated heterocycles. The third-order valence-corrected chi connectivity index (χ3v) is 10.5. The topological polar surface area (TPSA) is 72.5 Å². The maximum Gasteiger partial charge on any atom is 0.408 e. The smallest absolute Gasteiger partial charge is 0.408 e. The van der Waals surface area contributed by atoms with Gasteiger partial charge < -0.3 is 10.1 Å². The van der Waals surface area contributed by atoms with Gasteiger partial charge in [-0.05, 0) is 81.4 Å². The van der Waals surface area contributed by atoms with Crippen molar-refractivity contribution in [2.45, 2.75) is 78.4 Å². The summed E-state index contributed by atoms with van der Waals surface area (Å²) in [5.41, 5.74) is 0.589. The van der Waals surface area contributed by atoms with Crippen molar-refractivity contribution in [3.8, 4) is 0 Å². The molecule has 0 aromatic heterocycles. The number of hydrogen-bond donors (Lipinski definition) is 1. The molecule has 1 aromatic rings. The predicted octanol–water partition coefficient (Wildman–Crippen LogP) is 6.36. The Balaban J connectivity index is 1.43. The van der Waals surface area contributed by atoms with E-state index in [4.69, 9.17) is 4.74 Å². The summed E-state index contributed by atoms with van der Waals surface area (Å²) in [4.78, 5) is 38.8. The summed E-state index contributed by atoms with van der Waals surface area (Å²) in [6.45, 7) is 10.1. The number of benzene rings is 1. The number of amides is 1. The highest BCUT2D eigenvalue weighted by molar-refractivity contribution is 6.01. The van der Waals surface area contributed by atoms with Crippen LogP contribution in [0.4, 0.5) is 4.79 Å². The molecule has 4 aliphatic rings. The van der Waals surface area contributed by atoms with E-state index in [1.54, 1.807) is 13.0 Å². The standard InChI is InChI=1S/C31H39NO4/c1-19-17-27-25-12-11-23-18-24(34)13-15-29(23,4)26(25)14-16-30(27,5)31(19,21(3)33)36-28(35)32-20(2)22-9-7-6-8-10-22/h6-10,13,15,18-20,25-27H,11-12,14,16-17H2,1-5H3,(H,32,35)/t19?,20-,25+,26-,27-,29-,30-,31-/m0/s1. The molecular weight excluding hydrogens is 450 g/mol. The number of rotatable bonds is 4. The van der Waals surface area contributed by atoms with Crippen molar-refractivity contribution in [2.75, 3.05) is 0 Å². The third kappa shape index (κ3) is 3.53. The first-order chi connectivity index (χ1) is 17.0. The molecule has 1 N–H and O–H groups in total. The summed E-state index contributed by atoms with van der Waals surface area (Å²) < 4.78 is 6.29. The van der Waals surface area contributed by atoms with Gasteiger partial charge in [-0.25, -0.2) is 4.79 Å². The molecule has 1 unspecified atom stereocenters. The Bertz CT molecular complexity index is 1140. The molecule has 4 aliphatic carbocycles. The lowest BCUT2D eigenvalue weighted by atomic mass is 9.47. The van der Waals surface area contributed by atoms with Gasteiger partial charge in [-0.1, -0.05) is 62.8 Å². The van der Waals surface area contributed by atoms with Crippen LogP contribution < -0.4 is 5.32 Å². The summed E-state index contributed by atoms with van der Waals surface area (Å²) in [6, 6.07) is 9.57. The van der Waals surface area contributed by atoms with Gasteiger partial charge in [0.25, 0.3) is 0 Å². The second kappa shape index (κ2) is 8.71. The van der Waals surface area contributed by atoms with E-state index in [0.717, 1.165) is 37.7 Å². The molecule has 0 heterocycles. The molecule has 1 amide bonds. The monoisotopic (exact) mass is 489 g/mol. The zero-order valence-corrected chi connectivity index (χ0v) is 22.2. The van der Waals surface area contributed by atoms with E-state index in [0.29, 0.717) is 17.8 Å². The molecular formula is C31H39NO4. The van der Waals surface area contributed by atoms with E-state index in [9.17, 15) is 14.4 Å². The molecule has 0 spiro atoms. The number of ketones is 2. The first-order valence-electron chi connectivity index (χ1n) is 13.5. The highest BCUT2D eigenvalue weighted by atomic mass is 16.6. The summed E-state index contributed by atoms with van der Waals surface area (Å²) in [7, 11) is 0. The van der Waals surface area contributed by atoms with Crippen LogP contribution in [0.15, 0.2) is 54.1 Å². The minimum atomic E-state index is -1.14. The second-order valence-corrected chi connectivity index (χ2v) is 12.2. The van der Waals surface area contributed by atoms with Crippen LogP contribution in [0.5, 0.6) is 0 Å². The predicted molar refractivity (Wildman–Crippen MR) is 139 cm³/mol. The van der Waals surface area contributed by atoms with Crippen molar-refractivity contribution >= 4 is 17.7 Å². The van der Waals surface area contributed by atoms with Crippen molar-refractivity contribution in [3.63, 3.8) is 0 Å². The van der Waals surface area contributed by atoms with Crippen LogP contribution in [0.25, 0.3) is 0 Å². The Morgan fingerprint density at radius 1 is 1.11 bits per heavy atom. The largest absolute Gasteiger partial charge is 0.434 e. The lowest BCUT2D eigenvalue weighted by Gasteiger charge is -2.58. The van der Waals surface area contributed by atoms with Crippen molar-refractivity contribution in [2.24, 2.45) is 34.5 Å². The Kier molecular flexibility index (Phi) is 6.04. The molecule has 5 nitrogen and oxygen atoms in total. The molecule has 3 fully saturated rings. The molecule has 8 atom stereocenters. The average Bonchev–Trinajstić information content (AvgIpc) is 3.07.